The summed E-state index contributed by atoms with van der Waals surface area (Å²) in [6.45, 7) is 1.94. The SMILES string of the molecule is Cc1ccc(-c2c(C#N)c(N)[nH+]c(S[C@@H]3CC(=O)N(c4ccc(Br)cc4)C3=O)c2C#N)cc1. The zero-order valence-electron chi connectivity index (χ0n) is 17.4. The minimum Gasteiger partial charge on any atom is -0.286 e. The number of nitriles is 2. The fraction of sp³-hybridized carbons (Fsp3) is 0.125. The van der Waals surface area contributed by atoms with Gasteiger partial charge in [-0.1, -0.05) is 57.5 Å². The van der Waals surface area contributed by atoms with Gasteiger partial charge in [0.05, 0.1) is 5.69 Å². The fourth-order valence-electron chi connectivity index (χ4n) is 3.64. The van der Waals surface area contributed by atoms with E-state index in [0.29, 0.717) is 21.8 Å². The molecule has 7 nitrogen and oxygen atoms in total. The minimum absolute atomic E-state index is 0.0158. The zero-order valence-corrected chi connectivity index (χ0v) is 19.8. The van der Waals surface area contributed by atoms with Gasteiger partial charge < -0.3 is 0 Å². The number of halogens is 1. The number of nitrogen functional groups attached to an aromatic ring is 1. The van der Waals surface area contributed by atoms with Crippen LogP contribution in [0, 0.1) is 29.6 Å². The topological polar surface area (TPSA) is 125 Å². The molecule has 2 aromatic carbocycles. The number of H-pyrrole nitrogens is 1. The first kappa shape index (κ1) is 22.5. The summed E-state index contributed by atoms with van der Waals surface area (Å²) >= 11 is 4.42. The molecule has 1 aromatic heterocycles. The number of nitrogens with zero attached hydrogens (tertiary/aromatic N) is 3. The summed E-state index contributed by atoms with van der Waals surface area (Å²) in [7, 11) is 0. The van der Waals surface area contributed by atoms with Crippen LogP contribution in [-0.4, -0.2) is 17.1 Å². The third-order valence-electron chi connectivity index (χ3n) is 5.26. The molecule has 0 saturated carbocycles. The number of benzene rings is 2. The number of rotatable bonds is 4. The van der Waals surface area contributed by atoms with Gasteiger partial charge in [0.2, 0.25) is 11.8 Å². The van der Waals surface area contributed by atoms with Crippen molar-refractivity contribution in [3.05, 3.63) is 69.7 Å². The molecule has 1 aliphatic rings. The lowest BCUT2D eigenvalue weighted by atomic mass is 9.96. The van der Waals surface area contributed by atoms with Crippen molar-refractivity contribution in [1.29, 1.82) is 10.5 Å². The van der Waals surface area contributed by atoms with Gasteiger partial charge in [-0.05, 0) is 36.8 Å². The standard InChI is InChI=1S/C24H16BrN5O2S/c1-13-2-4-14(5-3-13)21-17(11-26)22(28)29-23(18(21)12-27)33-19-10-20(31)30(24(19)32)16-8-6-15(25)7-9-16/h2-9,19H,10H2,1H3,(H2,28,29)/p+1/t19-/m1/s1. The molecule has 1 saturated heterocycles. The van der Waals surface area contributed by atoms with Crippen molar-refractivity contribution in [2.24, 2.45) is 0 Å². The normalized spacial score (nSPS) is 15.4. The van der Waals surface area contributed by atoms with Gasteiger partial charge in [0, 0.05) is 16.5 Å². The number of carbonyl (C=O) groups excluding carboxylic acids is 2. The predicted molar refractivity (Wildman–Crippen MR) is 128 cm³/mol. The number of hydrogen-bond acceptors (Lipinski definition) is 6. The van der Waals surface area contributed by atoms with Crippen LogP contribution in [0.2, 0.25) is 0 Å². The molecule has 1 aliphatic heterocycles. The summed E-state index contributed by atoms with van der Waals surface area (Å²) in [6.07, 6.45) is -0.0158. The smallest absolute Gasteiger partial charge is 0.286 e. The van der Waals surface area contributed by atoms with Gasteiger partial charge in [-0.3, -0.25) is 15.3 Å². The lowest BCUT2D eigenvalue weighted by molar-refractivity contribution is -0.410. The molecule has 1 atom stereocenters. The van der Waals surface area contributed by atoms with Crippen molar-refractivity contribution in [1.82, 2.24) is 0 Å². The van der Waals surface area contributed by atoms with E-state index in [9.17, 15) is 20.1 Å². The highest BCUT2D eigenvalue weighted by molar-refractivity contribution is 9.10. The minimum atomic E-state index is -0.734. The number of anilines is 2. The molecule has 0 unspecified atom stereocenters. The molecule has 3 N–H and O–H groups in total. The Morgan fingerprint density at radius 3 is 2.30 bits per heavy atom. The number of amides is 2. The van der Waals surface area contributed by atoms with Gasteiger partial charge in [-0.15, -0.1) is 0 Å². The Morgan fingerprint density at radius 2 is 1.70 bits per heavy atom. The lowest BCUT2D eigenvalue weighted by Crippen LogP contribution is -2.31. The monoisotopic (exact) mass is 518 g/mol. The first-order valence-electron chi connectivity index (χ1n) is 9.89. The molecule has 0 radical (unpaired) electrons. The van der Waals surface area contributed by atoms with Crippen LogP contribution < -0.4 is 15.6 Å². The first-order chi connectivity index (χ1) is 15.8. The van der Waals surface area contributed by atoms with E-state index < -0.39 is 5.25 Å². The number of aromatic amines is 1. The third kappa shape index (κ3) is 4.21. The summed E-state index contributed by atoms with van der Waals surface area (Å²) in [5.74, 6) is -0.598. The molecule has 0 aliphatic carbocycles. The van der Waals surface area contributed by atoms with Crippen LogP contribution in [0.25, 0.3) is 11.1 Å². The van der Waals surface area contributed by atoms with E-state index in [2.05, 4.69) is 33.1 Å². The molecule has 1 fully saturated rings. The average Bonchev–Trinajstić information content (AvgIpc) is 3.07. The number of aromatic nitrogens is 1. The summed E-state index contributed by atoms with van der Waals surface area (Å²) in [4.78, 5) is 29.8. The highest BCUT2D eigenvalue weighted by Crippen LogP contribution is 2.38. The van der Waals surface area contributed by atoms with Gasteiger partial charge >= 0.3 is 0 Å². The van der Waals surface area contributed by atoms with Gasteiger partial charge in [0.1, 0.15) is 28.5 Å². The maximum Gasteiger partial charge on any atom is 0.289 e. The second-order valence-electron chi connectivity index (χ2n) is 7.44. The maximum absolute atomic E-state index is 13.1. The molecular formula is C24H17BrN5O2S+. The Hall–Kier alpha value is -3.66. The Kier molecular flexibility index (Phi) is 6.19. The second-order valence-corrected chi connectivity index (χ2v) is 9.57. The predicted octanol–water partition coefficient (Wildman–Crippen LogP) is 3.99. The highest BCUT2D eigenvalue weighted by Gasteiger charge is 2.41. The summed E-state index contributed by atoms with van der Waals surface area (Å²) < 4.78 is 0.834. The number of nitrogens with two attached hydrogens (primary N) is 1. The van der Waals surface area contributed by atoms with Gasteiger partial charge in [0.25, 0.3) is 5.82 Å². The van der Waals surface area contributed by atoms with Crippen molar-refractivity contribution in [2.75, 3.05) is 10.6 Å². The number of aryl methyl sites for hydroxylation is 1. The summed E-state index contributed by atoms with van der Waals surface area (Å²) in [6, 6.07) is 18.5. The molecule has 2 amide bonds. The van der Waals surface area contributed by atoms with Crippen LogP contribution in [0.15, 0.2) is 58.0 Å². The van der Waals surface area contributed by atoms with Crippen LogP contribution in [0.3, 0.4) is 0 Å². The molecule has 0 spiro atoms. The highest BCUT2D eigenvalue weighted by atomic mass is 79.9. The van der Waals surface area contributed by atoms with Crippen molar-refractivity contribution < 1.29 is 14.6 Å². The second kappa shape index (κ2) is 9.07. The van der Waals surface area contributed by atoms with Crippen molar-refractivity contribution >= 4 is 51.0 Å². The van der Waals surface area contributed by atoms with E-state index in [1.807, 2.05) is 31.2 Å². The number of thioether (sulfide) groups is 1. The van der Waals surface area contributed by atoms with Crippen molar-refractivity contribution in [3.8, 4) is 23.3 Å². The Bertz CT molecular complexity index is 1360. The van der Waals surface area contributed by atoms with Crippen LogP contribution >= 0.6 is 27.7 Å². The molecule has 3 aromatic rings. The van der Waals surface area contributed by atoms with E-state index in [1.165, 1.54) is 0 Å². The quantitative estimate of drug-likeness (QED) is 0.520. The molecule has 9 heteroatoms. The molecular weight excluding hydrogens is 502 g/mol. The van der Waals surface area contributed by atoms with Gasteiger partial charge in [-0.2, -0.15) is 10.5 Å². The van der Waals surface area contributed by atoms with Gasteiger partial charge in [-0.25, -0.2) is 9.88 Å². The third-order valence-corrected chi connectivity index (χ3v) is 6.98. The Labute approximate surface area is 203 Å². The molecule has 33 heavy (non-hydrogen) atoms. The summed E-state index contributed by atoms with van der Waals surface area (Å²) in [5, 5.41) is 19.3. The van der Waals surface area contributed by atoms with Crippen molar-refractivity contribution in [3.63, 3.8) is 0 Å². The average molecular weight is 519 g/mol. The van der Waals surface area contributed by atoms with Gasteiger partial charge in [0.15, 0.2) is 5.03 Å². The van der Waals surface area contributed by atoms with E-state index in [-0.39, 0.29) is 35.2 Å². The van der Waals surface area contributed by atoms with E-state index in [1.54, 1.807) is 24.3 Å². The van der Waals surface area contributed by atoms with E-state index >= 15 is 0 Å². The Morgan fingerprint density at radius 1 is 1.06 bits per heavy atom. The largest absolute Gasteiger partial charge is 0.289 e. The molecule has 2 heterocycles. The lowest BCUT2D eigenvalue weighted by Gasteiger charge is -2.15. The number of nitrogens with one attached hydrogen (secondary N) is 1. The zero-order chi connectivity index (χ0) is 23.7. The number of imide groups is 1. The summed E-state index contributed by atoms with van der Waals surface area (Å²) in [5.41, 5.74) is 9.08. The number of carbonyl (C=O) groups is 2. The Balaban J connectivity index is 1.74. The van der Waals surface area contributed by atoms with E-state index in [0.717, 1.165) is 26.7 Å². The fourth-order valence-corrected chi connectivity index (χ4v) is 5.06. The van der Waals surface area contributed by atoms with E-state index in [4.69, 9.17) is 5.73 Å². The molecule has 0 bridgehead atoms. The first-order valence-corrected chi connectivity index (χ1v) is 11.6. The number of pyridine rings is 1. The number of hydrogen-bond donors (Lipinski definition) is 1. The maximum atomic E-state index is 13.1. The van der Waals surface area contributed by atoms with Crippen LogP contribution in [0.4, 0.5) is 11.5 Å². The van der Waals surface area contributed by atoms with Crippen LogP contribution in [0.1, 0.15) is 23.1 Å². The van der Waals surface area contributed by atoms with Crippen LogP contribution in [0.5, 0.6) is 0 Å². The van der Waals surface area contributed by atoms with Crippen molar-refractivity contribution in [2.45, 2.75) is 23.6 Å². The van der Waals surface area contributed by atoms with Crippen LogP contribution in [-0.2, 0) is 9.59 Å². The molecule has 4 rings (SSSR count). The molecule has 162 valence electrons.